The summed E-state index contributed by atoms with van der Waals surface area (Å²) in [7, 11) is -4.77. The zero-order valence-corrected chi connectivity index (χ0v) is 50.8. The van der Waals surface area contributed by atoms with E-state index in [4.69, 9.17) is 23.3 Å². The lowest BCUT2D eigenvalue weighted by Crippen LogP contribution is -2.30. The molecule has 0 amide bonds. The smallest absolute Gasteiger partial charge is 0.462 e. The molecule has 0 aromatic heterocycles. The zero-order valence-electron chi connectivity index (χ0n) is 49.9. The summed E-state index contributed by atoms with van der Waals surface area (Å²) in [5.41, 5.74) is 0. The summed E-state index contributed by atoms with van der Waals surface area (Å²) >= 11 is 0. The Morgan fingerprint density at radius 2 is 0.679 bits per heavy atom. The highest BCUT2D eigenvalue weighted by molar-refractivity contribution is 7.47. The van der Waals surface area contributed by atoms with Gasteiger partial charge in [-0.2, -0.15) is 0 Å². The van der Waals surface area contributed by atoms with Crippen molar-refractivity contribution in [3.8, 4) is 0 Å². The van der Waals surface area contributed by atoms with Gasteiger partial charge in [-0.25, -0.2) is 4.57 Å². The molecule has 3 unspecified atom stereocenters. The van der Waals surface area contributed by atoms with Crippen LogP contribution in [0.4, 0.5) is 0 Å². The molecule has 11 nitrogen and oxygen atoms in total. The molecule has 0 heterocycles. The molecule has 0 aliphatic rings. The van der Waals surface area contributed by atoms with Crippen LogP contribution >= 0.6 is 7.82 Å². The van der Waals surface area contributed by atoms with Crippen LogP contribution in [-0.2, 0) is 42.2 Å². The fourth-order valence-electron chi connectivity index (χ4n) is 8.50. The highest BCUT2D eigenvalue weighted by atomic mass is 31.2. The van der Waals surface area contributed by atoms with Gasteiger partial charge in [0.2, 0.25) is 0 Å². The predicted octanol–water partition coefficient (Wildman–Crippen LogP) is 19.0. The maximum Gasteiger partial charge on any atom is 0.472 e. The van der Waals surface area contributed by atoms with Gasteiger partial charge in [-0.1, -0.05) is 234 Å². The first-order valence-corrected chi connectivity index (χ1v) is 33.0. The number of ether oxygens (including phenoxy) is 3. The van der Waals surface area contributed by atoms with Gasteiger partial charge in [0.05, 0.1) is 19.8 Å². The van der Waals surface area contributed by atoms with Crippen molar-refractivity contribution in [1.82, 2.24) is 0 Å². The summed E-state index contributed by atoms with van der Waals surface area (Å²) in [6.07, 6.45) is 69.7. The zero-order chi connectivity index (χ0) is 56.9. The fraction of sp³-hybridized carbons (Fsp3) is 0.742. The molecule has 12 heteroatoms. The Morgan fingerprint density at radius 1 is 0.372 bits per heavy atom. The van der Waals surface area contributed by atoms with Crippen LogP contribution in [0.2, 0.25) is 0 Å². The molecule has 0 aliphatic heterocycles. The molecule has 78 heavy (non-hydrogen) atoms. The molecule has 0 spiro atoms. The lowest BCUT2D eigenvalue weighted by molar-refractivity contribution is -0.161. The molecule has 0 radical (unpaired) electrons. The average molecular weight is 1120 g/mol. The Hall–Kier alpha value is -3.34. The number of carbonyl (C=O) groups excluding carboxylic acids is 3. The number of hydrogen-bond acceptors (Lipinski definition) is 10. The number of unbranched alkanes of at least 4 members (excludes halogenated alkanes) is 27. The first-order chi connectivity index (χ1) is 38.2. The molecule has 450 valence electrons. The van der Waals surface area contributed by atoms with E-state index in [9.17, 15) is 28.9 Å². The van der Waals surface area contributed by atoms with Crippen LogP contribution in [-0.4, -0.2) is 66.5 Å². The van der Waals surface area contributed by atoms with Gasteiger partial charge in [0.15, 0.2) is 6.10 Å². The molecule has 0 bridgehead atoms. The number of rotatable bonds is 58. The SMILES string of the molecule is CC/C=C\C/C=C\C/C=C\C/C=C\C/C=C\CCCC(=O)OC(CO)COP(=O)(O)OCC(COC(=O)CCCCCCC/C=C\CCCCCCCC)OC(=O)CCCCCCCCCCC/C=C\CCCCCCCC. The summed E-state index contributed by atoms with van der Waals surface area (Å²) in [4.78, 5) is 48.7. The second kappa shape index (κ2) is 59.8. The Balaban J connectivity index is 4.76. The summed E-state index contributed by atoms with van der Waals surface area (Å²) in [5, 5.41) is 9.83. The summed E-state index contributed by atoms with van der Waals surface area (Å²) in [5.74, 6) is -1.53. The molecule has 0 saturated carbocycles. The highest BCUT2D eigenvalue weighted by Crippen LogP contribution is 2.43. The maximum atomic E-state index is 12.9. The van der Waals surface area contributed by atoms with Crippen LogP contribution in [0.3, 0.4) is 0 Å². The van der Waals surface area contributed by atoms with Gasteiger partial charge in [0, 0.05) is 19.3 Å². The number of aliphatic hydroxyl groups is 1. The Bertz CT molecular complexity index is 1630. The fourth-order valence-corrected chi connectivity index (χ4v) is 9.28. The lowest BCUT2D eigenvalue weighted by Gasteiger charge is -2.21. The molecule has 0 aromatic carbocycles. The third-order valence-corrected chi connectivity index (χ3v) is 14.2. The molecule has 0 aliphatic carbocycles. The van der Waals surface area contributed by atoms with E-state index in [1.54, 1.807) is 0 Å². The molecular weight excluding hydrogens is 1000 g/mol. The quantitative estimate of drug-likeness (QED) is 0.0197. The maximum absolute atomic E-state index is 12.9. The molecule has 2 N–H and O–H groups in total. The van der Waals surface area contributed by atoms with E-state index in [1.165, 1.54) is 122 Å². The number of carbonyl (C=O) groups is 3. The second-order valence-electron chi connectivity index (χ2n) is 20.8. The van der Waals surface area contributed by atoms with Crippen LogP contribution in [0.1, 0.15) is 278 Å². The molecular formula is C66H115O11P. The van der Waals surface area contributed by atoms with Crippen LogP contribution in [0.5, 0.6) is 0 Å². The molecule has 0 aromatic rings. The largest absolute Gasteiger partial charge is 0.472 e. The minimum absolute atomic E-state index is 0.0962. The molecule has 0 rings (SSSR count). The van der Waals surface area contributed by atoms with E-state index in [0.29, 0.717) is 25.7 Å². The van der Waals surface area contributed by atoms with Gasteiger partial charge in [-0.3, -0.25) is 23.4 Å². The molecule has 3 atom stereocenters. The van der Waals surface area contributed by atoms with Crippen molar-refractivity contribution >= 4 is 25.7 Å². The van der Waals surface area contributed by atoms with E-state index in [2.05, 4.69) is 93.7 Å². The normalized spacial score (nSPS) is 13.9. The van der Waals surface area contributed by atoms with Crippen molar-refractivity contribution in [2.24, 2.45) is 0 Å². The monoisotopic (exact) mass is 1110 g/mol. The predicted molar refractivity (Wildman–Crippen MR) is 325 cm³/mol. The number of hydrogen-bond donors (Lipinski definition) is 2. The van der Waals surface area contributed by atoms with Gasteiger partial charge in [0.1, 0.15) is 12.7 Å². The lowest BCUT2D eigenvalue weighted by atomic mass is 10.1. The van der Waals surface area contributed by atoms with E-state index >= 15 is 0 Å². The average Bonchev–Trinajstić information content (AvgIpc) is 3.43. The van der Waals surface area contributed by atoms with Crippen molar-refractivity contribution in [2.45, 2.75) is 290 Å². The third kappa shape index (κ3) is 57.3. The van der Waals surface area contributed by atoms with E-state index in [0.717, 1.165) is 89.9 Å². The van der Waals surface area contributed by atoms with Gasteiger partial charge < -0.3 is 24.2 Å². The van der Waals surface area contributed by atoms with Crippen molar-refractivity contribution < 1.29 is 52.2 Å². The second-order valence-corrected chi connectivity index (χ2v) is 22.3. The number of phosphoric acid groups is 1. The van der Waals surface area contributed by atoms with Crippen LogP contribution < -0.4 is 0 Å². The number of esters is 3. The molecule has 0 saturated heterocycles. The van der Waals surface area contributed by atoms with Gasteiger partial charge in [0.25, 0.3) is 0 Å². The van der Waals surface area contributed by atoms with Gasteiger partial charge in [-0.05, 0) is 109 Å². The highest BCUT2D eigenvalue weighted by Gasteiger charge is 2.28. The summed E-state index contributed by atoms with van der Waals surface area (Å²) in [6.45, 7) is 4.48. The first kappa shape index (κ1) is 74.7. The van der Waals surface area contributed by atoms with Crippen LogP contribution in [0.25, 0.3) is 0 Å². The topological polar surface area (TPSA) is 155 Å². The molecule has 0 fully saturated rings. The number of phosphoric ester groups is 1. The summed E-state index contributed by atoms with van der Waals surface area (Å²) < 4.78 is 39.6. The van der Waals surface area contributed by atoms with E-state index < -0.39 is 57.8 Å². The van der Waals surface area contributed by atoms with E-state index in [-0.39, 0.29) is 25.9 Å². The van der Waals surface area contributed by atoms with Crippen molar-refractivity contribution in [3.05, 3.63) is 85.1 Å². The standard InChI is InChI=1S/C66H115O11P/c1-4-7-10-13-16-19-22-25-28-30-31-33-36-39-42-45-48-51-54-57-66(70)77-63(59-73-64(68)55-52-49-46-43-40-37-34-27-24-21-18-15-12-9-6-3)61-75-78(71,72)74-60-62(58-67)76-65(69)56-53-50-47-44-41-38-35-32-29-26-23-20-17-14-11-8-5-2/h8,11,17,20,25-29,34-35,38,44,47,62-63,67H,4-7,9-10,12-16,18-19,21-24,30-33,36-37,39-43,45-46,48-61H2,1-3H3,(H,71,72)/b11-8-,20-17-,28-25-,29-26-,34-27-,38-35-,47-44-. The number of aliphatic hydroxyl groups excluding tert-OH is 1. The Morgan fingerprint density at radius 3 is 1.09 bits per heavy atom. The van der Waals surface area contributed by atoms with Gasteiger partial charge in [-0.15, -0.1) is 0 Å². The van der Waals surface area contributed by atoms with Crippen molar-refractivity contribution in [2.75, 3.05) is 26.4 Å². The Kier molecular flexibility index (Phi) is 57.2. The first-order valence-electron chi connectivity index (χ1n) is 31.5. The number of allylic oxidation sites excluding steroid dienone is 14. The van der Waals surface area contributed by atoms with Crippen molar-refractivity contribution in [1.29, 1.82) is 0 Å². The van der Waals surface area contributed by atoms with Crippen LogP contribution in [0.15, 0.2) is 85.1 Å². The summed E-state index contributed by atoms with van der Waals surface area (Å²) in [6, 6.07) is 0. The third-order valence-electron chi connectivity index (χ3n) is 13.3. The van der Waals surface area contributed by atoms with Crippen molar-refractivity contribution in [3.63, 3.8) is 0 Å². The van der Waals surface area contributed by atoms with E-state index in [1.807, 2.05) is 12.2 Å². The minimum atomic E-state index is -4.77. The van der Waals surface area contributed by atoms with Crippen LogP contribution in [0, 0.1) is 0 Å². The minimum Gasteiger partial charge on any atom is -0.462 e. The Labute approximate surface area is 477 Å². The van der Waals surface area contributed by atoms with Gasteiger partial charge >= 0.3 is 25.7 Å².